The second-order valence-corrected chi connectivity index (χ2v) is 7.56. The summed E-state index contributed by atoms with van der Waals surface area (Å²) < 4.78 is 6.47. The molecule has 0 aliphatic heterocycles. The van der Waals surface area contributed by atoms with Crippen molar-refractivity contribution in [1.29, 1.82) is 0 Å². The Morgan fingerprint density at radius 3 is 2.16 bits per heavy atom. The van der Waals surface area contributed by atoms with Crippen LogP contribution in [0.15, 0.2) is 72.8 Å². The number of aromatic nitrogens is 3. The van der Waals surface area contributed by atoms with E-state index in [4.69, 9.17) is 27.9 Å². The lowest BCUT2D eigenvalue weighted by atomic mass is 10.2. The fourth-order valence-corrected chi connectivity index (χ4v) is 3.18. The van der Waals surface area contributed by atoms with Crippen molar-refractivity contribution < 1.29 is 9.53 Å². The lowest BCUT2D eigenvalue weighted by Gasteiger charge is -2.07. The van der Waals surface area contributed by atoms with Crippen LogP contribution in [-0.2, 0) is 6.54 Å². The second kappa shape index (κ2) is 9.20. The molecule has 0 amide bonds. The predicted molar refractivity (Wildman–Crippen MR) is 122 cm³/mol. The molecule has 4 rings (SSSR count). The Bertz CT molecular complexity index is 1190. The molecule has 0 bridgehead atoms. The van der Waals surface area contributed by atoms with Crippen LogP contribution in [0.25, 0.3) is 11.4 Å². The van der Waals surface area contributed by atoms with Crippen LogP contribution in [-0.4, -0.2) is 27.8 Å². The zero-order chi connectivity index (χ0) is 21.8. The van der Waals surface area contributed by atoms with Gasteiger partial charge in [0.2, 0.25) is 5.95 Å². The first-order valence-electron chi connectivity index (χ1n) is 9.43. The van der Waals surface area contributed by atoms with Crippen LogP contribution in [0.4, 0.5) is 5.95 Å². The van der Waals surface area contributed by atoms with Crippen molar-refractivity contribution in [2.45, 2.75) is 6.54 Å². The highest BCUT2D eigenvalue weighted by Crippen LogP contribution is 2.23. The Kier molecular flexibility index (Phi) is 6.21. The number of nitrogens with zero attached hydrogens (tertiary/aromatic N) is 3. The van der Waals surface area contributed by atoms with Crippen molar-refractivity contribution in [3.63, 3.8) is 0 Å². The van der Waals surface area contributed by atoms with Crippen molar-refractivity contribution in [1.82, 2.24) is 14.8 Å². The van der Waals surface area contributed by atoms with E-state index >= 15 is 0 Å². The minimum Gasteiger partial charge on any atom is -0.497 e. The van der Waals surface area contributed by atoms with Gasteiger partial charge in [-0.3, -0.25) is 4.79 Å². The summed E-state index contributed by atoms with van der Waals surface area (Å²) in [4.78, 5) is 17.7. The SMILES string of the molecule is COc1ccc(-c2nc(NCc3ccc(Cl)cc3)n(C(=O)c3ccc(Cl)cc3)n2)cc1. The third-order valence-corrected chi connectivity index (χ3v) is 5.11. The van der Waals surface area contributed by atoms with E-state index in [9.17, 15) is 4.79 Å². The summed E-state index contributed by atoms with van der Waals surface area (Å²) in [7, 11) is 1.60. The van der Waals surface area contributed by atoms with Crippen molar-refractivity contribution in [3.8, 4) is 17.1 Å². The molecule has 156 valence electrons. The van der Waals surface area contributed by atoms with E-state index in [2.05, 4.69) is 15.4 Å². The molecule has 0 unspecified atom stereocenters. The monoisotopic (exact) mass is 452 g/mol. The number of benzene rings is 3. The first kappa shape index (κ1) is 20.9. The van der Waals surface area contributed by atoms with Gasteiger partial charge in [0.15, 0.2) is 5.82 Å². The summed E-state index contributed by atoms with van der Waals surface area (Å²) in [6.07, 6.45) is 0. The lowest BCUT2D eigenvalue weighted by molar-refractivity contribution is 0.0947. The highest BCUT2D eigenvalue weighted by molar-refractivity contribution is 6.30. The molecule has 0 saturated carbocycles. The summed E-state index contributed by atoms with van der Waals surface area (Å²) in [5.41, 5.74) is 2.20. The number of nitrogens with one attached hydrogen (secondary N) is 1. The fraction of sp³-hybridized carbons (Fsp3) is 0.0870. The average Bonchev–Trinajstić information content (AvgIpc) is 3.23. The maximum absolute atomic E-state index is 13.1. The van der Waals surface area contributed by atoms with Gasteiger partial charge in [0, 0.05) is 27.7 Å². The Morgan fingerprint density at radius 2 is 1.55 bits per heavy atom. The maximum Gasteiger partial charge on any atom is 0.281 e. The number of methoxy groups -OCH3 is 1. The van der Waals surface area contributed by atoms with Gasteiger partial charge in [0.1, 0.15) is 5.75 Å². The van der Waals surface area contributed by atoms with Crippen molar-refractivity contribution >= 4 is 35.1 Å². The Hall–Kier alpha value is -3.35. The lowest BCUT2D eigenvalue weighted by Crippen LogP contribution is -2.17. The van der Waals surface area contributed by atoms with Crippen LogP contribution in [0, 0.1) is 0 Å². The first-order chi connectivity index (χ1) is 15.0. The van der Waals surface area contributed by atoms with Gasteiger partial charge in [-0.1, -0.05) is 35.3 Å². The van der Waals surface area contributed by atoms with E-state index in [-0.39, 0.29) is 5.91 Å². The molecule has 0 spiro atoms. The quantitative estimate of drug-likeness (QED) is 0.414. The number of rotatable bonds is 6. The van der Waals surface area contributed by atoms with Gasteiger partial charge in [0.05, 0.1) is 7.11 Å². The van der Waals surface area contributed by atoms with E-state index in [0.717, 1.165) is 16.9 Å². The molecule has 1 heterocycles. The molecule has 0 aliphatic carbocycles. The third-order valence-electron chi connectivity index (χ3n) is 4.60. The van der Waals surface area contributed by atoms with Gasteiger partial charge in [0.25, 0.3) is 5.91 Å². The molecule has 8 heteroatoms. The van der Waals surface area contributed by atoms with E-state index < -0.39 is 0 Å². The van der Waals surface area contributed by atoms with E-state index in [1.165, 1.54) is 4.68 Å². The van der Waals surface area contributed by atoms with Crippen LogP contribution in [0.5, 0.6) is 5.75 Å². The summed E-state index contributed by atoms with van der Waals surface area (Å²) >= 11 is 11.9. The number of hydrogen-bond acceptors (Lipinski definition) is 5. The zero-order valence-corrected chi connectivity index (χ0v) is 18.1. The standard InChI is InChI=1S/C23H18Cl2N4O2/c1-31-20-12-6-16(7-13-20)21-27-23(26-14-15-2-8-18(24)9-3-15)29(28-21)22(30)17-4-10-19(25)11-5-17/h2-13H,14H2,1H3,(H,26,27,28). The Labute approximate surface area is 189 Å². The molecule has 0 atom stereocenters. The molecule has 1 aromatic heterocycles. The van der Waals surface area contributed by atoms with Gasteiger partial charge in [-0.25, -0.2) is 0 Å². The molecule has 0 aliphatic rings. The molecule has 0 fully saturated rings. The van der Waals surface area contributed by atoms with Crippen LogP contribution >= 0.6 is 23.2 Å². The van der Waals surface area contributed by atoms with E-state index in [0.29, 0.717) is 33.9 Å². The largest absolute Gasteiger partial charge is 0.497 e. The topological polar surface area (TPSA) is 69.0 Å². The molecule has 0 radical (unpaired) electrons. The van der Waals surface area contributed by atoms with E-state index in [1.54, 1.807) is 31.4 Å². The minimum absolute atomic E-state index is 0.317. The van der Waals surface area contributed by atoms with Gasteiger partial charge in [-0.15, -0.1) is 5.10 Å². The summed E-state index contributed by atoms with van der Waals surface area (Å²) in [5, 5.41) is 8.87. The number of carbonyl (C=O) groups excluding carboxylic acids is 1. The smallest absolute Gasteiger partial charge is 0.281 e. The molecule has 3 aromatic carbocycles. The number of anilines is 1. The molecule has 0 saturated heterocycles. The second-order valence-electron chi connectivity index (χ2n) is 6.69. The van der Waals surface area contributed by atoms with E-state index in [1.807, 2.05) is 48.5 Å². The molecule has 6 nitrogen and oxygen atoms in total. The molecule has 1 N–H and O–H groups in total. The van der Waals surface area contributed by atoms with Crippen LogP contribution < -0.4 is 10.1 Å². The van der Waals surface area contributed by atoms with Gasteiger partial charge in [-0.2, -0.15) is 9.67 Å². The number of carbonyl (C=O) groups is 1. The minimum atomic E-state index is -0.317. The first-order valence-corrected chi connectivity index (χ1v) is 10.2. The fourth-order valence-electron chi connectivity index (χ4n) is 2.93. The van der Waals surface area contributed by atoms with Crippen molar-refractivity contribution in [2.24, 2.45) is 0 Å². The summed E-state index contributed by atoms with van der Waals surface area (Å²) in [6, 6.07) is 21.4. The normalized spacial score (nSPS) is 10.7. The van der Waals surface area contributed by atoms with Gasteiger partial charge >= 0.3 is 0 Å². The van der Waals surface area contributed by atoms with Crippen LogP contribution in [0.1, 0.15) is 15.9 Å². The highest BCUT2D eigenvalue weighted by atomic mass is 35.5. The van der Waals surface area contributed by atoms with Crippen LogP contribution in [0.3, 0.4) is 0 Å². The number of ether oxygens (including phenoxy) is 1. The Morgan fingerprint density at radius 1 is 0.935 bits per heavy atom. The molecular formula is C23H18Cl2N4O2. The average molecular weight is 453 g/mol. The zero-order valence-electron chi connectivity index (χ0n) is 16.5. The van der Waals surface area contributed by atoms with Crippen LogP contribution in [0.2, 0.25) is 10.0 Å². The molecular weight excluding hydrogens is 435 g/mol. The summed E-state index contributed by atoms with van der Waals surface area (Å²) in [5.74, 6) is 1.16. The Balaban J connectivity index is 1.67. The predicted octanol–water partition coefficient (Wildman–Crippen LogP) is 5.56. The number of hydrogen-bond donors (Lipinski definition) is 1. The third kappa shape index (κ3) is 4.87. The van der Waals surface area contributed by atoms with Gasteiger partial charge < -0.3 is 10.1 Å². The van der Waals surface area contributed by atoms with Gasteiger partial charge in [-0.05, 0) is 66.2 Å². The molecule has 31 heavy (non-hydrogen) atoms. The summed E-state index contributed by atoms with van der Waals surface area (Å²) in [6.45, 7) is 0.450. The molecule has 4 aromatic rings. The maximum atomic E-state index is 13.1. The highest BCUT2D eigenvalue weighted by Gasteiger charge is 2.19. The van der Waals surface area contributed by atoms with Crippen molar-refractivity contribution in [3.05, 3.63) is 94.0 Å². The van der Waals surface area contributed by atoms with Crippen molar-refractivity contribution in [2.75, 3.05) is 12.4 Å². The number of halogens is 2.